The van der Waals surface area contributed by atoms with Crippen LogP contribution in [0.5, 0.6) is 0 Å². The van der Waals surface area contributed by atoms with E-state index in [2.05, 4.69) is 4.72 Å². The van der Waals surface area contributed by atoms with Gasteiger partial charge >= 0.3 is 0 Å². The van der Waals surface area contributed by atoms with Crippen LogP contribution in [-0.2, 0) is 10.0 Å². The first-order chi connectivity index (χ1) is 11.0. The van der Waals surface area contributed by atoms with Crippen molar-refractivity contribution in [2.75, 3.05) is 5.75 Å². The van der Waals surface area contributed by atoms with E-state index in [1.54, 1.807) is 24.3 Å². The van der Waals surface area contributed by atoms with Crippen molar-refractivity contribution in [3.63, 3.8) is 0 Å². The van der Waals surface area contributed by atoms with E-state index >= 15 is 0 Å². The van der Waals surface area contributed by atoms with Gasteiger partial charge in [0, 0.05) is 10.9 Å². The van der Waals surface area contributed by atoms with E-state index in [0.29, 0.717) is 22.6 Å². The fraction of sp³-hybridized carbons (Fsp3) is 0.188. The first-order valence-corrected chi connectivity index (χ1v) is 9.42. The summed E-state index contributed by atoms with van der Waals surface area (Å²) in [6, 6.07) is 12.1. The summed E-state index contributed by atoms with van der Waals surface area (Å²) in [6.07, 6.45) is 0.565. The minimum Gasteiger partial charge on any atom is -0.207 e. The van der Waals surface area contributed by atoms with Gasteiger partial charge in [-0.3, -0.25) is 0 Å². The van der Waals surface area contributed by atoms with Crippen LogP contribution < -0.4 is 4.72 Å². The molecule has 0 saturated heterocycles. The van der Waals surface area contributed by atoms with Gasteiger partial charge in [-0.2, -0.15) is 5.26 Å². The number of benzene rings is 2. The topological polar surface area (TPSA) is 70.0 Å². The van der Waals surface area contributed by atoms with E-state index in [4.69, 9.17) is 5.26 Å². The average molecular weight is 348 g/mol. The largest absolute Gasteiger partial charge is 0.242 e. The predicted molar refractivity (Wildman–Crippen MR) is 86.0 cm³/mol. The molecule has 118 valence electrons. The van der Waals surface area contributed by atoms with Crippen LogP contribution in [0, 0.1) is 17.1 Å². The quantitative estimate of drug-likeness (QED) is 0.925. The maximum Gasteiger partial charge on any atom is 0.242 e. The molecule has 0 aliphatic carbocycles. The second-order valence-corrected chi connectivity index (χ2v) is 7.86. The Balaban J connectivity index is 1.97. The van der Waals surface area contributed by atoms with Crippen molar-refractivity contribution < 1.29 is 12.8 Å². The highest BCUT2D eigenvalue weighted by Crippen LogP contribution is 2.38. The van der Waals surface area contributed by atoms with Crippen molar-refractivity contribution in [3.8, 4) is 6.07 Å². The number of rotatable bonds is 3. The number of hydrogen-bond donors (Lipinski definition) is 1. The van der Waals surface area contributed by atoms with Gasteiger partial charge in [0.1, 0.15) is 11.9 Å². The van der Waals surface area contributed by atoms with E-state index in [9.17, 15) is 12.8 Å². The van der Waals surface area contributed by atoms with Gasteiger partial charge in [-0.1, -0.05) is 24.3 Å². The molecule has 1 heterocycles. The number of halogens is 1. The van der Waals surface area contributed by atoms with Gasteiger partial charge in [0.05, 0.1) is 10.5 Å². The number of sulfonamides is 1. The zero-order valence-electron chi connectivity index (χ0n) is 12.0. The lowest BCUT2D eigenvalue weighted by Crippen LogP contribution is -2.31. The van der Waals surface area contributed by atoms with Gasteiger partial charge < -0.3 is 0 Å². The molecule has 0 unspecified atom stereocenters. The lowest BCUT2D eigenvalue weighted by molar-refractivity contribution is 0.533. The molecule has 2 aromatic rings. The molecule has 1 N–H and O–H groups in total. The van der Waals surface area contributed by atoms with Crippen LogP contribution in [0.15, 0.2) is 52.3 Å². The molecule has 0 fully saturated rings. The maximum absolute atomic E-state index is 13.9. The Morgan fingerprint density at radius 1 is 1.22 bits per heavy atom. The van der Waals surface area contributed by atoms with Crippen molar-refractivity contribution >= 4 is 21.8 Å². The molecule has 0 saturated carbocycles. The molecular formula is C16H13FN2O2S2. The zero-order valence-corrected chi connectivity index (χ0v) is 13.6. The average Bonchev–Trinajstić information content (AvgIpc) is 2.55. The summed E-state index contributed by atoms with van der Waals surface area (Å²) in [7, 11) is -3.86. The highest BCUT2D eigenvalue weighted by Gasteiger charge is 2.28. The fourth-order valence-electron chi connectivity index (χ4n) is 2.55. The van der Waals surface area contributed by atoms with Crippen LogP contribution in [0.1, 0.15) is 23.6 Å². The molecule has 0 bridgehead atoms. The molecule has 0 radical (unpaired) electrons. The summed E-state index contributed by atoms with van der Waals surface area (Å²) in [6.45, 7) is 0. The molecule has 4 nitrogen and oxygen atoms in total. The number of nitriles is 1. The minimum atomic E-state index is -3.86. The molecule has 2 aromatic carbocycles. The number of thioether (sulfide) groups is 1. The van der Waals surface area contributed by atoms with Crippen molar-refractivity contribution in [3.05, 3.63) is 59.4 Å². The molecule has 0 spiro atoms. The zero-order chi connectivity index (χ0) is 16.4. The first kappa shape index (κ1) is 16.0. The van der Waals surface area contributed by atoms with E-state index < -0.39 is 16.1 Å². The van der Waals surface area contributed by atoms with E-state index in [1.165, 1.54) is 30.0 Å². The lowest BCUT2D eigenvalue weighted by Gasteiger charge is -2.26. The SMILES string of the molecule is N#Cc1ccccc1S(=O)(=O)N[C@H]1CCSc2c(F)cccc21. The lowest BCUT2D eigenvalue weighted by atomic mass is 10.0. The summed E-state index contributed by atoms with van der Waals surface area (Å²) >= 11 is 1.39. The first-order valence-electron chi connectivity index (χ1n) is 6.95. The highest BCUT2D eigenvalue weighted by atomic mass is 32.2. The number of nitrogens with zero attached hydrogens (tertiary/aromatic N) is 1. The van der Waals surface area contributed by atoms with Crippen LogP contribution in [0.25, 0.3) is 0 Å². The highest BCUT2D eigenvalue weighted by molar-refractivity contribution is 7.99. The number of fused-ring (bicyclic) bond motifs is 1. The Bertz CT molecular complexity index is 891. The molecule has 1 atom stereocenters. The summed E-state index contributed by atoms with van der Waals surface area (Å²) in [5.41, 5.74) is 0.726. The second kappa shape index (κ2) is 6.32. The molecule has 7 heteroatoms. The van der Waals surface area contributed by atoms with Gasteiger partial charge in [-0.25, -0.2) is 17.5 Å². The molecule has 1 aliphatic rings. The molecule has 23 heavy (non-hydrogen) atoms. The second-order valence-electron chi connectivity index (χ2n) is 5.08. The number of nitrogens with one attached hydrogen (secondary N) is 1. The third-order valence-electron chi connectivity index (χ3n) is 3.62. The maximum atomic E-state index is 13.9. The van der Waals surface area contributed by atoms with Crippen molar-refractivity contribution in [1.29, 1.82) is 5.26 Å². The molecular weight excluding hydrogens is 335 g/mol. The third-order valence-corrected chi connectivity index (χ3v) is 6.31. The van der Waals surface area contributed by atoms with Crippen molar-refractivity contribution in [2.24, 2.45) is 0 Å². The van der Waals surface area contributed by atoms with Gasteiger partial charge in [-0.15, -0.1) is 11.8 Å². The van der Waals surface area contributed by atoms with Crippen LogP contribution in [0.2, 0.25) is 0 Å². The van der Waals surface area contributed by atoms with Crippen LogP contribution in [-0.4, -0.2) is 14.2 Å². The molecule has 3 rings (SSSR count). The normalized spacial score (nSPS) is 17.3. The Labute approximate surface area is 138 Å². The van der Waals surface area contributed by atoms with Crippen LogP contribution >= 0.6 is 11.8 Å². The van der Waals surface area contributed by atoms with Crippen molar-refractivity contribution in [1.82, 2.24) is 4.72 Å². The van der Waals surface area contributed by atoms with Gasteiger partial charge in [0.25, 0.3) is 0 Å². The Kier molecular flexibility index (Phi) is 4.39. The van der Waals surface area contributed by atoms with E-state index in [-0.39, 0.29) is 16.3 Å². The summed E-state index contributed by atoms with van der Waals surface area (Å²) in [4.78, 5) is 0.429. The predicted octanol–water partition coefficient (Wildman–Crippen LogP) is 3.21. The standard InChI is InChI=1S/C16H13FN2O2S2/c17-13-6-3-5-12-14(8-9-22-16(12)13)19-23(20,21)15-7-2-1-4-11(15)10-18/h1-7,14,19H,8-9H2/t14-/m0/s1. The molecule has 0 aromatic heterocycles. The van der Waals surface area contributed by atoms with Gasteiger partial charge in [0.15, 0.2) is 0 Å². The Morgan fingerprint density at radius 2 is 2.00 bits per heavy atom. The summed E-state index contributed by atoms with van der Waals surface area (Å²) in [5, 5.41) is 9.09. The van der Waals surface area contributed by atoms with Crippen LogP contribution in [0.4, 0.5) is 4.39 Å². The van der Waals surface area contributed by atoms with Crippen molar-refractivity contribution in [2.45, 2.75) is 22.3 Å². The third kappa shape index (κ3) is 3.11. The number of hydrogen-bond acceptors (Lipinski definition) is 4. The van der Waals surface area contributed by atoms with E-state index in [1.807, 2.05) is 6.07 Å². The van der Waals surface area contributed by atoms with Gasteiger partial charge in [0.2, 0.25) is 10.0 Å². The Hall–Kier alpha value is -1.88. The smallest absolute Gasteiger partial charge is 0.207 e. The molecule has 0 amide bonds. The summed E-state index contributed by atoms with van der Waals surface area (Å²) in [5.74, 6) is 0.287. The Morgan fingerprint density at radius 3 is 2.78 bits per heavy atom. The minimum absolute atomic E-state index is 0.0568. The summed E-state index contributed by atoms with van der Waals surface area (Å²) < 4.78 is 41.7. The van der Waals surface area contributed by atoms with E-state index in [0.717, 1.165) is 0 Å². The fourth-order valence-corrected chi connectivity index (χ4v) is 5.10. The van der Waals surface area contributed by atoms with Crippen LogP contribution in [0.3, 0.4) is 0 Å². The molecule has 1 aliphatic heterocycles. The van der Waals surface area contributed by atoms with Gasteiger partial charge in [-0.05, 0) is 35.9 Å². The monoisotopic (exact) mass is 348 g/mol.